The molecule has 1 aromatic heterocycles. The molecule has 0 spiro atoms. The first-order chi connectivity index (χ1) is 13.2. The summed E-state index contributed by atoms with van der Waals surface area (Å²) in [6, 6.07) is 11.3. The van der Waals surface area contributed by atoms with Crippen molar-refractivity contribution in [3.05, 3.63) is 70.0 Å². The van der Waals surface area contributed by atoms with Crippen LogP contribution in [0.5, 0.6) is 0 Å². The van der Waals surface area contributed by atoms with Crippen molar-refractivity contribution in [1.82, 2.24) is 10.3 Å². The molecule has 1 heterocycles. The molecule has 3 rings (SSSR count). The Morgan fingerprint density at radius 2 is 1.75 bits per heavy atom. The average Bonchev–Trinajstić information content (AvgIpc) is 2.67. The van der Waals surface area contributed by atoms with Gasteiger partial charge in [0.15, 0.2) is 0 Å². The van der Waals surface area contributed by atoms with Gasteiger partial charge in [-0.15, -0.1) is 0 Å². The minimum absolute atomic E-state index is 0.0625. The van der Waals surface area contributed by atoms with Crippen LogP contribution in [0.1, 0.15) is 35.7 Å². The first-order valence-electron chi connectivity index (χ1n) is 8.73. The summed E-state index contributed by atoms with van der Waals surface area (Å²) in [4.78, 5) is 27.2. The van der Waals surface area contributed by atoms with Crippen molar-refractivity contribution in [2.75, 3.05) is 11.8 Å². The molecule has 0 fully saturated rings. The summed E-state index contributed by atoms with van der Waals surface area (Å²) in [6.45, 7) is 4.11. The summed E-state index contributed by atoms with van der Waals surface area (Å²) >= 11 is 0. The Kier molecular flexibility index (Phi) is 5.24. The van der Waals surface area contributed by atoms with Gasteiger partial charge in [0.05, 0.1) is 4.90 Å². The number of anilines is 1. The molecular formula is C20H21N3O4S. The number of aromatic nitrogens is 1. The number of nitrogens with one attached hydrogen (secondary N) is 3. The van der Waals surface area contributed by atoms with Gasteiger partial charge in [-0.05, 0) is 41.8 Å². The zero-order chi connectivity index (χ0) is 20.5. The van der Waals surface area contributed by atoms with Crippen molar-refractivity contribution in [2.45, 2.75) is 24.7 Å². The molecule has 7 nitrogen and oxygen atoms in total. The van der Waals surface area contributed by atoms with Crippen LogP contribution < -0.4 is 15.5 Å². The van der Waals surface area contributed by atoms with E-state index in [1.165, 1.54) is 31.4 Å². The van der Waals surface area contributed by atoms with Crippen molar-refractivity contribution in [1.29, 1.82) is 0 Å². The summed E-state index contributed by atoms with van der Waals surface area (Å²) < 4.78 is 28.0. The second-order valence-electron chi connectivity index (χ2n) is 6.70. The van der Waals surface area contributed by atoms with E-state index in [1.807, 2.05) is 12.1 Å². The highest BCUT2D eigenvalue weighted by atomic mass is 32.2. The van der Waals surface area contributed by atoms with Crippen LogP contribution in [0.2, 0.25) is 0 Å². The van der Waals surface area contributed by atoms with Gasteiger partial charge in [0.25, 0.3) is 15.9 Å². The highest BCUT2D eigenvalue weighted by molar-refractivity contribution is 7.92. The van der Waals surface area contributed by atoms with E-state index in [-0.39, 0.29) is 15.8 Å². The molecule has 0 aliphatic heterocycles. The smallest absolute Gasteiger partial charge is 0.261 e. The summed E-state index contributed by atoms with van der Waals surface area (Å²) in [5.41, 5.74) is 1.35. The molecule has 0 radical (unpaired) electrons. The topological polar surface area (TPSA) is 108 Å². The number of pyridine rings is 1. The Morgan fingerprint density at radius 3 is 2.36 bits per heavy atom. The van der Waals surface area contributed by atoms with Crippen LogP contribution in [0, 0.1) is 0 Å². The molecule has 3 N–H and O–H groups in total. The number of benzene rings is 2. The fraction of sp³-hybridized carbons (Fsp3) is 0.200. The van der Waals surface area contributed by atoms with E-state index < -0.39 is 21.4 Å². The SMILES string of the molecule is CNC(=O)c1c[nH]c2ccc(S(=O)(=O)Nc3ccc(C(C)C)cc3)cc2c1=O. The molecule has 3 aromatic rings. The van der Waals surface area contributed by atoms with E-state index in [4.69, 9.17) is 0 Å². The van der Waals surface area contributed by atoms with E-state index in [0.29, 0.717) is 17.1 Å². The van der Waals surface area contributed by atoms with Gasteiger partial charge in [-0.3, -0.25) is 14.3 Å². The van der Waals surface area contributed by atoms with Crippen molar-refractivity contribution >= 4 is 32.5 Å². The Labute approximate surface area is 162 Å². The normalized spacial score (nSPS) is 11.6. The first kappa shape index (κ1) is 19.6. The van der Waals surface area contributed by atoms with Gasteiger partial charge in [-0.1, -0.05) is 26.0 Å². The quantitative estimate of drug-likeness (QED) is 0.613. The Hall–Kier alpha value is -3.13. The fourth-order valence-electron chi connectivity index (χ4n) is 2.82. The number of rotatable bonds is 5. The zero-order valence-electron chi connectivity index (χ0n) is 15.7. The third kappa shape index (κ3) is 3.77. The molecule has 1 amide bonds. The fourth-order valence-corrected chi connectivity index (χ4v) is 3.90. The van der Waals surface area contributed by atoms with E-state index in [2.05, 4.69) is 28.9 Å². The van der Waals surface area contributed by atoms with E-state index in [1.54, 1.807) is 12.1 Å². The van der Waals surface area contributed by atoms with E-state index >= 15 is 0 Å². The van der Waals surface area contributed by atoms with Gasteiger partial charge < -0.3 is 10.3 Å². The average molecular weight is 399 g/mol. The number of amides is 1. The minimum Gasteiger partial charge on any atom is -0.360 e. The number of hydrogen-bond donors (Lipinski definition) is 3. The van der Waals surface area contributed by atoms with Gasteiger partial charge in [-0.25, -0.2) is 8.42 Å². The van der Waals surface area contributed by atoms with Crippen molar-refractivity contribution < 1.29 is 13.2 Å². The molecule has 0 aliphatic carbocycles. The molecule has 8 heteroatoms. The standard InChI is InChI=1S/C20H21N3O4S/c1-12(2)13-4-6-14(7-5-13)23-28(26,27)15-8-9-18-16(10-15)19(24)17(11-22-18)20(25)21-3/h4-12,23H,1-3H3,(H,21,25)(H,22,24). The van der Waals surface area contributed by atoms with Crippen molar-refractivity contribution in [3.8, 4) is 0 Å². The number of sulfonamides is 1. The van der Waals surface area contributed by atoms with Crippen LogP contribution in [-0.2, 0) is 10.0 Å². The third-order valence-electron chi connectivity index (χ3n) is 4.46. The van der Waals surface area contributed by atoms with Crippen molar-refractivity contribution in [3.63, 3.8) is 0 Å². The molecule has 0 unspecified atom stereocenters. The molecule has 28 heavy (non-hydrogen) atoms. The monoisotopic (exact) mass is 399 g/mol. The maximum absolute atomic E-state index is 12.7. The zero-order valence-corrected chi connectivity index (χ0v) is 16.6. The number of fused-ring (bicyclic) bond motifs is 1. The summed E-state index contributed by atoms with van der Waals surface area (Å²) in [6.07, 6.45) is 1.31. The van der Waals surface area contributed by atoms with Crippen LogP contribution in [0.4, 0.5) is 5.69 Å². The largest absolute Gasteiger partial charge is 0.360 e. The van der Waals surface area contributed by atoms with Gasteiger partial charge in [-0.2, -0.15) is 0 Å². The third-order valence-corrected chi connectivity index (χ3v) is 5.84. The predicted octanol–water partition coefficient (Wildman–Crippen LogP) is 2.81. The van der Waals surface area contributed by atoms with E-state index in [9.17, 15) is 18.0 Å². The first-order valence-corrected chi connectivity index (χ1v) is 10.2. The van der Waals surface area contributed by atoms with Crippen LogP contribution in [0.3, 0.4) is 0 Å². The molecule has 0 saturated heterocycles. The molecule has 146 valence electrons. The van der Waals surface area contributed by atoms with Crippen LogP contribution >= 0.6 is 0 Å². The maximum Gasteiger partial charge on any atom is 0.261 e. The van der Waals surface area contributed by atoms with Crippen LogP contribution in [-0.4, -0.2) is 26.4 Å². The lowest BCUT2D eigenvalue weighted by Gasteiger charge is -2.11. The number of H-pyrrole nitrogens is 1. The second-order valence-corrected chi connectivity index (χ2v) is 8.38. The van der Waals surface area contributed by atoms with Crippen LogP contribution in [0.25, 0.3) is 10.9 Å². The lowest BCUT2D eigenvalue weighted by Crippen LogP contribution is -2.25. The van der Waals surface area contributed by atoms with E-state index in [0.717, 1.165) is 5.56 Å². The highest BCUT2D eigenvalue weighted by Gasteiger charge is 2.18. The number of carbonyl (C=O) groups is 1. The second kappa shape index (κ2) is 7.47. The molecule has 2 aromatic carbocycles. The Bertz CT molecular complexity index is 1200. The van der Waals surface area contributed by atoms with Gasteiger partial charge in [0.1, 0.15) is 5.56 Å². The van der Waals surface area contributed by atoms with Crippen molar-refractivity contribution in [2.24, 2.45) is 0 Å². The van der Waals surface area contributed by atoms with Gasteiger partial charge >= 0.3 is 0 Å². The Balaban J connectivity index is 2.00. The molecule has 0 saturated carbocycles. The lowest BCUT2D eigenvalue weighted by molar-refractivity contribution is 0.0962. The Morgan fingerprint density at radius 1 is 1.07 bits per heavy atom. The number of hydrogen-bond acceptors (Lipinski definition) is 4. The van der Waals surface area contributed by atoms with Gasteiger partial charge in [0, 0.05) is 29.8 Å². The molecule has 0 bridgehead atoms. The number of aromatic amines is 1. The van der Waals surface area contributed by atoms with Crippen LogP contribution in [0.15, 0.2) is 58.4 Å². The minimum atomic E-state index is -3.90. The maximum atomic E-state index is 12.7. The molecule has 0 atom stereocenters. The highest BCUT2D eigenvalue weighted by Crippen LogP contribution is 2.21. The summed E-state index contributed by atoms with van der Waals surface area (Å²) in [7, 11) is -2.48. The molecular weight excluding hydrogens is 378 g/mol. The predicted molar refractivity (Wildman–Crippen MR) is 109 cm³/mol. The number of carbonyl (C=O) groups excluding carboxylic acids is 1. The summed E-state index contributed by atoms with van der Waals surface area (Å²) in [5.74, 6) is -0.202. The van der Waals surface area contributed by atoms with Gasteiger partial charge in [0.2, 0.25) is 5.43 Å². The lowest BCUT2D eigenvalue weighted by atomic mass is 10.0. The summed E-state index contributed by atoms with van der Waals surface area (Å²) in [5, 5.41) is 2.51. The molecule has 0 aliphatic rings.